The molecular weight excluding hydrogens is 312 g/mol. The number of nitrogens with one attached hydrogen (secondary N) is 1. The number of thiophene rings is 1. The zero-order valence-electron chi connectivity index (χ0n) is 13.7. The normalized spacial score (nSPS) is 12.3. The van der Waals surface area contributed by atoms with Gasteiger partial charge < -0.3 is 9.73 Å². The minimum Gasteiger partial charge on any atom is -0.468 e. The third-order valence-electron chi connectivity index (χ3n) is 3.58. The first-order valence-electron chi connectivity index (χ1n) is 7.53. The van der Waals surface area contributed by atoms with Gasteiger partial charge in [-0.1, -0.05) is 0 Å². The number of amides is 1. The van der Waals surface area contributed by atoms with E-state index in [1.165, 1.54) is 11.3 Å². The maximum atomic E-state index is 12.0. The van der Waals surface area contributed by atoms with Gasteiger partial charge in [0.05, 0.1) is 17.2 Å². The summed E-state index contributed by atoms with van der Waals surface area (Å²) in [5.74, 6) is 0.707. The molecule has 23 heavy (non-hydrogen) atoms. The van der Waals surface area contributed by atoms with Crippen LogP contribution in [0.5, 0.6) is 0 Å². The van der Waals surface area contributed by atoms with Crippen molar-refractivity contribution in [3.05, 3.63) is 46.0 Å². The van der Waals surface area contributed by atoms with E-state index in [0.717, 1.165) is 15.5 Å². The molecule has 2 aromatic rings. The van der Waals surface area contributed by atoms with Crippen molar-refractivity contribution in [2.24, 2.45) is 0 Å². The highest BCUT2D eigenvalue weighted by Crippen LogP contribution is 2.19. The molecule has 2 rings (SSSR count). The summed E-state index contributed by atoms with van der Waals surface area (Å²) in [6.07, 6.45) is 2.06. The Bertz CT molecular complexity index is 647. The van der Waals surface area contributed by atoms with Crippen molar-refractivity contribution in [3.63, 3.8) is 0 Å². The average molecular weight is 334 g/mol. The second-order valence-corrected chi connectivity index (χ2v) is 6.92. The van der Waals surface area contributed by atoms with Gasteiger partial charge >= 0.3 is 0 Å². The molecule has 2 aromatic heterocycles. The fourth-order valence-corrected chi connectivity index (χ4v) is 3.09. The Hall–Kier alpha value is -1.92. The summed E-state index contributed by atoms with van der Waals surface area (Å²) in [5, 5.41) is 2.87. The maximum Gasteiger partial charge on any atom is 0.220 e. The van der Waals surface area contributed by atoms with Crippen LogP contribution in [0.4, 0.5) is 0 Å². The molecule has 0 aliphatic heterocycles. The molecule has 0 saturated heterocycles. The van der Waals surface area contributed by atoms with Crippen LogP contribution >= 0.6 is 11.3 Å². The standard InChI is InChI=1S/C17H22N2O3S/c1-12-6-8-16(23-12)14(20)7-9-17(21)18-11-13(19(2)3)15-5-4-10-22-15/h4-6,8,10,13H,7,9,11H2,1-3H3,(H,18,21)/t13-/m0/s1. The highest BCUT2D eigenvalue weighted by atomic mass is 32.1. The van der Waals surface area contributed by atoms with Crippen molar-refractivity contribution in [2.45, 2.75) is 25.8 Å². The number of hydrogen-bond acceptors (Lipinski definition) is 5. The predicted molar refractivity (Wildman–Crippen MR) is 90.8 cm³/mol. The molecule has 0 aliphatic carbocycles. The lowest BCUT2D eigenvalue weighted by Gasteiger charge is -2.22. The minimum absolute atomic E-state index is 0.0217. The van der Waals surface area contributed by atoms with Crippen molar-refractivity contribution >= 4 is 23.0 Å². The molecule has 0 saturated carbocycles. The Morgan fingerprint density at radius 1 is 1.26 bits per heavy atom. The van der Waals surface area contributed by atoms with Gasteiger partial charge in [0, 0.05) is 24.3 Å². The third kappa shape index (κ3) is 5.04. The first kappa shape index (κ1) is 17.4. The summed E-state index contributed by atoms with van der Waals surface area (Å²) < 4.78 is 5.40. The van der Waals surface area contributed by atoms with Crippen LogP contribution in [0.3, 0.4) is 0 Å². The first-order valence-corrected chi connectivity index (χ1v) is 8.35. The molecule has 2 heterocycles. The van der Waals surface area contributed by atoms with E-state index in [1.54, 1.807) is 6.26 Å². The smallest absolute Gasteiger partial charge is 0.220 e. The van der Waals surface area contributed by atoms with Crippen molar-refractivity contribution < 1.29 is 14.0 Å². The lowest BCUT2D eigenvalue weighted by molar-refractivity contribution is -0.121. The van der Waals surface area contributed by atoms with E-state index in [9.17, 15) is 9.59 Å². The Balaban J connectivity index is 1.79. The summed E-state index contributed by atoms with van der Waals surface area (Å²) in [4.78, 5) is 27.8. The second kappa shape index (κ2) is 8.08. The monoisotopic (exact) mass is 334 g/mol. The molecule has 0 fully saturated rings. The molecule has 0 aliphatic rings. The number of furan rings is 1. The molecule has 1 amide bonds. The van der Waals surface area contributed by atoms with Crippen LogP contribution < -0.4 is 5.32 Å². The molecule has 0 radical (unpaired) electrons. The minimum atomic E-state index is -0.120. The van der Waals surface area contributed by atoms with Gasteiger partial charge in [-0.15, -0.1) is 11.3 Å². The molecule has 1 atom stereocenters. The molecule has 5 nitrogen and oxygen atoms in total. The Kier molecular flexibility index (Phi) is 6.12. The maximum absolute atomic E-state index is 12.0. The van der Waals surface area contributed by atoms with Crippen molar-refractivity contribution in [1.82, 2.24) is 10.2 Å². The van der Waals surface area contributed by atoms with Crippen LogP contribution in [0.2, 0.25) is 0 Å². The summed E-state index contributed by atoms with van der Waals surface area (Å²) >= 11 is 1.47. The summed E-state index contributed by atoms with van der Waals surface area (Å²) in [6, 6.07) is 7.43. The summed E-state index contributed by atoms with van der Waals surface area (Å²) in [7, 11) is 3.87. The number of aryl methyl sites for hydroxylation is 1. The number of ketones is 1. The largest absolute Gasteiger partial charge is 0.468 e. The lowest BCUT2D eigenvalue weighted by Crippen LogP contribution is -2.34. The van der Waals surface area contributed by atoms with Crippen LogP contribution in [-0.4, -0.2) is 37.2 Å². The SMILES string of the molecule is Cc1ccc(C(=O)CCC(=O)NC[C@@H](c2ccco2)N(C)C)s1. The van der Waals surface area contributed by atoms with E-state index in [0.29, 0.717) is 6.54 Å². The van der Waals surface area contributed by atoms with Gasteiger partial charge in [-0.2, -0.15) is 0 Å². The fourth-order valence-electron chi connectivity index (χ4n) is 2.25. The van der Waals surface area contributed by atoms with Crippen molar-refractivity contribution in [2.75, 3.05) is 20.6 Å². The fraction of sp³-hybridized carbons (Fsp3) is 0.412. The Morgan fingerprint density at radius 3 is 2.61 bits per heavy atom. The highest BCUT2D eigenvalue weighted by Gasteiger charge is 2.18. The van der Waals surface area contributed by atoms with Crippen molar-refractivity contribution in [1.29, 1.82) is 0 Å². The third-order valence-corrected chi connectivity index (χ3v) is 4.62. The van der Waals surface area contributed by atoms with E-state index < -0.39 is 0 Å². The van der Waals surface area contributed by atoms with Crippen molar-refractivity contribution in [3.8, 4) is 0 Å². The number of rotatable bonds is 8. The number of Topliss-reactive ketones (excluding diaryl/α,β-unsaturated/α-hetero) is 1. The number of carbonyl (C=O) groups excluding carboxylic acids is 2. The summed E-state index contributed by atoms with van der Waals surface area (Å²) in [6.45, 7) is 2.41. The van der Waals surface area contributed by atoms with Gasteiger partial charge in [0.15, 0.2) is 5.78 Å². The molecule has 6 heteroatoms. The molecular formula is C17H22N2O3S. The molecule has 0 spiro atoms. The van der Waals surface area contributed by atoms with E-state index in [2.05, 4.69) is 5.32 Å². The number of nitrogens with zero attached hydrogens (tertiary/aromatic N) is 1. The number of likely N-dealkylation sites (N-methyl/N-ethyl adjacent to an activating group) is 1. The van der Waals surface area contributed by atoms with E-state index in [1.807, 2.05) is 50.2 Å². The first-order chi connectivity index (χ1) is 11.0. The zero-order chi connectivity index (χ0) is 16.8. The zero-order valence-corrected chi connectivity index (χ0v) is 14.5. The Labute approximate surface area is 140 Å². The quantitative estimate of drug-likeness (QED) is 0.754. The number of carbonyl (C=O) groups is 2. The molecule has 124 valence electrons. The van der Waals surface area contributed by atoms with E-state index in [-0.39, 0.29) is 30.6 Å². The van der Waals surface area contributed by atoms with E-state index >= 15 is 0 Å². The van der Waals surface area contributed by atoms with Crippen LogP contribution in [-0.2, 0) is 4.79 Å². The van der Waals surface area contributed by atoms with Crippen LogP contribution in [0, 0.1) is 6.92 Å². The van der Waals surface area contributed by atoms with Gasteiger partial charge in [-0.25, -0.2) is 0 Å². The highest BCUT2D eigenvalue weighted by molar-refractivity contribution is 7.14. The van der Waals surface area contributed by atoms with Gasteiger partial charge in [-0.3, -0.25) is 14.5 Å². The molecule has 0 bridgehead atoms. The average Bonchev–Trinajstić information content (AvgIpc) is 3.16. The van der Waals surface area contributed by atoms with Gasteiger partial charge in [0.2, 0.25) is 5.91 Å². The van der Waals surface area contributed by atoms with Crippen LogP contribution in [0.25, 0.3) is 0 Å². The summed E-state index contributed by atoms with van der Waals surface area (Å²) in [5.41, 5.74) is 0. The molecule has 0 unspecified atom stereocenters. The van der Waals surface area contributed by atoms with Gasteiger partial charge in [0.25, 0.3) is 0 Å². The Morgan fingerprint density at radius 2 is 2.04 bits per heavy atom. The number of hydrogen-bond donors (Lipinski definition) is 1. The van der Waals surface area contributed by atoms with Gasteiger partial charge in [-0.05, 0) is 45.3 Å². The predicted octanol–water partition coefficient (Wildman–Crippen LogP) is 3.03. The van der Waals surface area contributed by atoms with Crippen LogP contribution in [0.1, 0.15) is 39.2 Å². The lowest BCUT2D eigenvalue weighted by atomic mass is 10.1. The van der Waals surface area contributed by atoms with Gasteiger partial charge in [0.1, 0.15) is 5.76 Å². The second-order valence-electron chi connectivity index (χ2n) is 5.63. The van der Waals surface area contributed by atoms with Crippen LogP contribution in [0.15, 0.2) is 34.9 Å². The van der Waals surface area contributed by atoms with E-state index in [4.69, 9.17) is 4.42 Å². The topological polar surface area (TPSA) is 62.6 Å². The molecule has 1 N–H and O–H groups in total. The molecule has 0 aromatic carbocycles.